The molecule has 0 atom stereocenters. The highest BCUT2D eigenvalue weighted by Crippen LogP contribution is 2.54. The maximum atomic E-state index is 6.36. The van der Waals surface area contributed by atoms with Gasteiger partial charge in [0.1, 0.15) is 11.2 Å². The zero-order chi connectivity index (χ0) is 46.0. The van der Waals surface area contributed by atoms with Crippen LogP contribution in [-0.4, -0.2) is 6.71 Å². The van der Waals surface area contributed by atoms with Crippen LogP contribution in [-0.2, 0) is 27.1 Å². The normalized spacial score (nSPS) is 18.2. The molecule has 0 fully saturated rings. The maximum absolute atomic E-state index is 6.36. The number of benzene rings is 7. The van der Waals surface area contributed by atoms with Gasteiger partial charge in [-0.15, -0.1) is 0 Å². The van der Waals surface area contributed by atoms with Crippen molar-refractivity contribution in [2.24, 2.45) is 0 Å². The molecule has 2 aliphatic heterocycles. The van der Waals surface area contributed by atoms with Crippen molar-refractivity contribution in [3.8, 4) is 11.1 Å². The number of aryl methyl sites for hydroxylation is 1. The lowest BCUT2D eigenvalue weighted by Crippen LogP contribution is -2.62. The van der Waals surface area contributed by atoms with Gasteiger partial charge in [-0.2, -0.15) is 0 Å². The summed E-state index contributed by atoms with van der Waals surface area (Å²) in [5.41, 5.74) is 24.9. The molecule has 3 heterocycles. The fourth-order valence-corrected chi connectivity index (χ4v) is 13.0. The summed E-state index contributed by atoms with van der Waals surface area (Å²) in [5.74, 6) is 0. The maximum Gasteiger partial charge on any atom is 0.252 e. The van der Waals surface area contributed by atoms with E-state index in [-0.39, 0.29) is 33.8 Å². The van der Waals surface area contributed by atoms with E-state index >= 15 is 0 Å². The smallest absolute Gasteiger partial charge is 0.252 e. The van der Waals surface area contributed by atoms with Crippen molar-refractivity contribution in [3.63, 3.8) is 0 Å². The molecule has 0 saturated carbocycles. The van der Waals surface area contributed by atoms with Gasteiger partial charge >= 0.3 is 0 Å². The minimum absolute atomic E-state index is 0.0552. The van der Waals surface area contributed by atoms with Crippen molar-refractivity contribution in [1.82, 2.24) is 0 Å². The highest BCUT2D eigenvalue weighted by atomic mass is 16.3. The Kier molecular flexibility index (Phi) is 8.51. The summed E-state index contributed by atoms with van der Waals surface area (Å²) in [5, 5.41) is 2.31. The number of hydrogen-bond donors (Lipinski definition) is 0. The Bertz CT molecular complexity index is 3340. The molecule has 0 unspecified atom stereocenters. The van der Waals surface area contributed by atoms with E-state index in [2.05, 4.69) is 214 Å². The Morgan fingerprint density at radius 1 is 0.485 bits per heavy atom. The Morgan fingerprint density at radius 3 is 1.55 bits per heavy atom. The van der Waals surface area contributed by atoms with Crippen LogP contribution in [0.3, 0.4) is 0 Å². The first-order chi connectivity index (χ1) is 31.2. The number of nitrogens with zero attached hydrogens (tertiary/aromatic N) is 2. The number of furan rings is 1. The minimum Gasteiger partial charge on any atom is -0.456 e. The molecule has 0 spiro atoms. The Labute approximate surface area is 392 Å². The number of fused-ring (bicyclic) bond motifs is 9. The van der Waals surface area contributed by atoms with E-state index in [9.17, 15) is 0 Å². The molecule has 0 N–H and O–H groups in total. The molecule has 0 amide bonds. The molecule has 3 nitrogen and oxygen atoms in total. The second-order valence-electron chi connectivity index (χ2n) is 24.1. The lowest BCUT2D eigenvalue weighted by atomic mass is 9.33. The summed E-state index contributed by atoms with van der Waals surface area (Å²) in [4.78, 5) is 5.24. The first-order valence-electron chi connectivity index (χ1n) is 24.5. The van der Waals surface area contributed by atoms with Gasteiger partial charge < -0.3 is 14.2 Å². The van der Waals surface area contributed by atoms with E-state index in [4.69, 9.17) is 4.42 Å². The van der Waals surface area contributed by atoms with Gasteiger partial charge in [-0.25, -0.2) is 0 Å². The summed E-state index contributed by atoms with van der Waals surface area (Å²) >= 11 is 0. The summed E-state index contributed by atoms with van der Waals surface area (Å²) in [7, 11) is 0. The number of hydrogen-bond acceptors (Lipinski definition) is 3. The molecule has 7 aromatic carbocycles. The van der Waals surface area contributed by atoms with Crippen LogP contribution in [0.15, 0.2) is 132 Å². The van der Waals surface area contributed by atoms with Gasteiger partial charge in [0, 0.05) is 44.9 Å². The van der Waals surface area contributed by atoms with Crippen LogP contribution < -0.4 is 26.2 Å². The largest absolute Gasteiger partial charge is 0.456 e. The predicted molar refractivity (Wildman–Crippen MR) is 283 cm³/mol. The minimum atomic E-state index is 0.0552. The molecule has 2 aliphatic carbocycles. The molecule has 0 bridgehead atoms. The highest BCUT2D eigenvalue weighted by molar-refractivity contribution is 7.00. The zero-order valence-electron chi connectivity index (χ0n) is 41.1. The Morgan fingerprint density at radius 2 is 0.970 bits per heavy atom. The second-order valence-corrected chi connectivity index (χ2v) is 24.1. The van der Waals surface area contributed by atoms with Gasteiger partial charge in [-0.1, -0.05) is 137 Å². The van der Waals surface area contributed by atoms with E-state index in [1.165, 1.54) is 102 Å². The van der Waals surface area contributed by atoms with Crippen LogP contribution in [0, 0.1) is 6.92 Å². The van der Waals surface area contributed by atoms with Crippen LogP contribution in [0.25, 0.3) is 33.1 Å². The SMILES string of the molecule is Cc1cc2c3c(c1)N(c1ccc(C(C)(C)C)cc1)c1cc4c(cc1B3c1cc3c(cc1N2c1ccc(-c2ccc5c(c2)oc2ccccc25)cc1)C(C)(C)CCC3(C)C)C(C)(C)CC4(C)C. The standard InChI is InChI=1S/C62H63BN2O/c1-37-29-53-57-54(30-37)65(42-24-20-40(21-25-42)58(2,3)4)52-35-48-46(61(9,10)36-62(48,11)12)33-50(52)63(57)49-32-45-47(60(7,8)28-27-59(45,5)6)34-51(49)64(53)41-22-17-38(18-23-41)39-19-26-44-43-15-13-14-16-55(43)66-56(44)31-39/h13-26,29-35H,27-28,36H2,1-12H3. The summed E-state index contributed by atoms with van der Waals surface area (Å²) in [6.07, 6.45) is 3.47. The number of anilines is 6. The first-order valence-corrected chi connectivity index (χ1v) is 24.5. The summed E-state index contributed by atoms with van der Waals surface area (Å²) < 4.78 is 6.36. The molecule has 0 saturated heterocycles. The summed E-state index contributed by atoms with van der Waals surface area (Å²) in [6.45, 7) is 29.0. The zero-order valence-corrected chi connectivity index (χ0v) is 41.1. The third kappa shape index (κ3) is 6.02. The van der Waals surface area contributed by atoms with Crippen LogP contribution in [0.1, 0.15) is 129 Å². The molecule has 330 valence electrons. The molecule has 66 heavy (non-hydrogen) atoms. The number of para-hydroxylation sites is 1. The lowest BCUT2D eigenvalue weighted by Gasteiger charge is -2.47. The molecule has 8 aromatic rings. The van der Waals surface area contributed by atoms with Gasteiger partial charge in [0.25, 0.3) is 6.71 Å². The molecule has 0 radical (unpaired) electrons. The van der Waals surface area contributed by atoms with Gasteiger partial charge in [-0.3, -0.25) is 0 Å². The monoisotopic (exact) mass is 863 g/mol. The lowest BCUT2D eigenvalue weighted by molar-refractivity contribution is 0.332. The van der Waals surface area contributed by atoms with Crippen molar-refractivity contribution < 1.29 is 4.42 Å². The molecule has 1 aromatic heterocycles. The van der Waals surface area contributed by atoms with E-state index < -0.39 is 0 Å². The van der Waals surface area contributed by atoms with Crippen LogP contribution in [0.5, 0.6) is 0 Å². The van der Waals surface area contributed by atoms with E-state index in [0.29, 0.717) is 0 Å². The third-order valence-electron chi connectivity index (χ3n) is 16.5. The fourth-order valence-electron chi connectivity index (χ4n) is 13.0. The third-order valence-corrected chi connectivity index (χ3v) is 16.5. The van der Waals surface area contributed by atoms with Crippen molar-refractivity contribution in [3.05, 3.63) is 161 Å². The van der Waals surface area contributed by atoms with Crippen LogP contribution in [0.4, 0.5) is 34.1 Å². The Balaban J connectivity index is 1.12. The molecular weight excluding hydrogens is 800 g/mol. The van der Waals surface area contributed by atoms with Crippen molar-refractivity contribution in [2.45, 2.75) is 129 Å². The van der Waals surface area contributed by atoms with Crippen molar-refractivity contribution in [1.29, 1.82) is 0 Å². The number of rotatable bonds is 3. The van der Waals surface area contributed by atoms with Crippen LogP contribution in [0.2, 0.25) is 0 Å². The highest BCUT2D eigenvalue weighted by Gasteiger charge is 2.49. The van der Waals surface area contributed by atoms with E-state index in [0.717, 1.165) is 33.9 Å². The molecule has 4 heteroatoms. The molecule has 12 rings (SSSR count). The van der Waals surface area contributed by atoms with Crippen LogP contribution >= 0.6 is 0 Å². The van der Waals surface area contributed by atoms with E-state index in [1.807, 2.05) is 6.07 Å². The fraction of sp³-hybridized carbons (Fsp3) is 0.323. The Hall–Kier alpha value is -6.00. The molecular formula is C62H63BN2O. The summed E-state index contributed by atoms with van der Waals surface area (Å²) in [6, 6.07) is 49.3. The quantitative estimate of drug-likeness (QED) is 0.165. The van der Waals surface area contributed by atoms with E-state index in [1.54, 1.807) is 0 Å². The van der Waals surface area contributed by atoms with Gasteiger partial charge in [0.05, 0.1) is 0 Å². The van der Waals surface area contributed by atoms with Gasteiger partial charge in [0.2, 0.25) is 0 Å². The topological polar surface area (TPSA) is 19.6 Å². The second kappa shape index (κ2) is 13.6. The average Bonchev–Trinajstić information content (AvgIpc) is 3.73. The van der Waals surface area contributed by atoms with Crippen molar-refractivity contribution in [2.75, 3.05) is 9.80 Å². The molecule has 4 aliphatic rings. The predicted octanol–water partition coefficient (Wildman–Crippen LogP) is 15.2. The van der Waals surface area contributed by atoms with Gasteiger partial charge in [-0.05, 0) is 181 Å². The first kappa shape index (κ1) is 41.4. The average molecular weight is 863 g/mol. The van der Waals surface area contributed by atoms with Crippen molar-refractivity contribution >= 4 is 79.2 Å². The van der Waals surface area contributed by atoms with Gasteiger partial charge in [0.15, 0.2) is 0 Å².